The number of nitrogens with zero attached hydrogens (tertiary/aromatic N) is 3. The first kappa shape index (κ1) is 32.8. The van der Waals surface area contributed by atoms with E-state index in [4.69, 9.17) is 0 Å². The molecule has 244 valence electrons. The summed E-state index contributed by atoms with van der Waals surface area (Å²) >= 11 is 0. The summed E-state index contributed by atoms with van der Waals surface area (Å²) in [5.74, 6) is -3.16. The Morgan fingerprint density at radius 3 is 2.31 bits per heavy atom. The third-order valence-corrected chi connectivity index (χ3v) is 10.5. The number of carbonyl (C=O) groups excluding carboxylic acids is 2. The van der Waals surface area contributed by atoms with Gasteiger partial charge in [0.25, 0.3) is 11.8 Å². The normalized spacial score (nSPS) is 19.5. The van der Waals surface area contributed by atoms with Crippen molar-refractivity contribution in [2.24, 2.45) is 4.99 Å². The number of aliphatic hydroxyl groups excluding tert-OH is 1. The second-order valence-corrected chi connectivity index (χ2v) is 13.8. The van der Waals surface area contributed by atoms with E-state index in [1.165, 1.54) is 10.4 Å². The predicted molar refractivity (Wildman–Crippen MR) is 156 cm³/mol. The Morgan fingerprint density at radius 2 is 1.71 bits per heavy atom. The van der Waals surface area contributed by atoms with Crippen LogP contribution in [0.1, 0.15) is 58.3 Å². The molecule has 15 heteroatoms. The molecule has 3 heterocycles. The van der Waals surface area contributed by atoms with E-state index in [9.17, 15) is 40.7 Å². The lowest BCUT2D eigenvalue weighted by atomic mass is 9.89. The Kier molecular flexibility index (Phi) is 8.99. The number of hydrogen-bond donors (Lipinski definition) is 2. The predicted octanol–water partition coefficient (Wildman–Crippen LogP) is 3.22. The molecule has 2 fully saturated rings. The lowest BCUT2D eigenvalue weighted by Gasteiger charge is -2.34. The summed E-state index contributed by atoms with van der Waals surface area (Å²) in [6, 6.07) is 6.27. The van der Waals surface area contributed by atoms with Crippen LogP contribution >= 0.6 is 0 Å². The fourth-order valence-corrected chi connectivity index (χ4v) is 7.56. The molecule has 1 spiro atoms. The molecule has 0 aromatic heterocycles. The molecule has 3 aliphatic heterocycles. The van der Waals surface area contributed by atoms with Crippen LogP contribution in [0.4, 0.5) is 17.6 Å². The molecule has 2 saturated heterocycles. The van der Waals surface area contributed by atoms with E-state index in [1.807, 2.05) is 13.8 Å². The van der Waals surface area contributed by atoms with E-state index in [1.54, 1.807) is 17.0 Å². The SMILES string of the molecule is Cc1cc(C(=O)N2CCC(O)CC2)cc(C)c1CCS(=O)(=O)N1CCC2(CC1)N=C(c1ccc(F)c(OC(F)(F)F)c1)NC2=O. The number of likely N-dealkylation sites (tertiary alicyclic amines) is 1. The Balaban J connectivity index is 1.22. The van der Waals surface area contributed by atoms with Crippen LogP contribution in [0.3, 0.4) is 0 Å². The summed E-state index contributed by atoms with van der Waals surface area (Å²) < 4.78 is 83.5. The smallest absolute Gasteiger partial charge is 0.403 e. The highest BCUT2D eigenvalue weighted by Gasteiger charge is 2.47. The van der Waals surface area contributed by atoms with E-state index in [0.29, 0.717) is 31.5 Å². The van der Waals surface area contributed by atoms with E-state index < -0.39 is 45.5 Å². The van der Waals surface area contributed by atoms with Crippen molar-refractivity contribution in [2.75, 3.05) is 31.9 Å². The van der Waals surface area contributed by atoms with Crippen LogP contribution in [0.25, 0.3) is 0 Å². The number of hydrogen-bond acceptors (Lipinski definition) is 7. The minimum absolute atomic E-state index is 0.00826. The first-order valence-corrected chi connectivity index (χ1v) is 16.2. The van der Waals surface area contributed by atoms with Crippen molar-refractivity contribution in [3.05, 3.63) is 64.0 Å². The van der Waals surface area contributed by atoms with E-state index in [0.717, 1.165) is 28.8 Å². The zero-order valence-corrected chi connectivity index (χ0v) is 25.6. The van der Waals surface area contributed by atoms with Gasteiger partial charge in [0.1, 0.15) is 11.4 Å². The minimum Gasteiger partial charge on any atom is -0.403 e. The quantitative estimate of drug-likeness (QED) is 0.442. The topological polar surface area (TPSA) is 129 Å². The molecule has 2 aromatic rings. The number of alkyl halides is 3. The van der Waals surface area contributed by atoms with Crippen LogP contribution in [0.2, 0.25) is 0 Å². The maximum Gasteiger partial charge on any atom is 0.573 e. The van der Waals surface area contributed by atoms with E-state index >= 15 is 0 Å². The van der Waals surface area contributed by atoms with E-state index in [2.05, 4.69) is 15.0 Å². The number of sulfonamides is 1. The Bertz CT molecular complexity index is 1610. The molecule has 0 atom stereocenters. The van der Waals surface area contributed by atoms with Gasteiger partial charge in [-0.1, -0.05) is 0 Å². The average molecular weight is 655 g/mol. The standard InChI is InChI=1S/C30H34F4N4O6S/c1-18-15-21(27(40)37-10-5-22(39)6-11-37)16-19(2)23(18)7-14-45(42,43)38-12-8-29(9-13-38)28(41)35-26(36-29)20-3-4-24(31)25(17-20)44-30(32,33)34/h3-4,15-17,22,39H,5-14H2,1-2H3,(H,35,36,41). The number of aryl methyl sites for hydroxylation is 2. The van der Waals surface area contributed by atoms with Gasteiger partial charge in [-0.05, 0) is 93.0 Å². The number of amidine groups is 1. The third kappa shape index (κ3) is 7.15. The van der Waals surface area contributed by atoms with Crippen molar-refractivity contribution < 1.29 is 45.4 Å². The van der Waals surface area contributed by atoms with Crippen molar-refractivity contribution in [3.63, 3.8) is 0 Å². The summed E-state index contributed by atoms with van der Waals surface area (Å²) in [6.45, 7) is 4.65. The Morgan fingerprint density at radius 1 is 1.09 bits per heavy atom. The van der Waals surface area contributed by atoms with Crippen molar-refractivity contribution in [1.82, 2.24) is 14.5 Å². The molecule has 0 aliphatic carbocycles. The van der Waals surface area contributed by atoms with Gasteiger partial charge in [-0.25, -0.2) is 17.1 Å². The summed E-state index contributed by atoms with van der Waals surface area (Å²) in [6.07, 6.45) is -4.11. The van der Waals surface area contributed by atoms with Crippen LogP contribution < -0.4 is 10.1 Å². The van der Waals surface area contributed by atoms with Gasteiger partial charge < -0.3 is 20.1 Å². The minimum atomic E-state index is -5.11. The van der Waals surface area contributed by atoms with Gasteiger partial charge in [0.15, 0.2) is 11.6 Å². The lowest BCUT2D eigenvalue weighted by molar-refractivity contribution is -0.275. The molecule has 0 bridgehead atoms. The summed E-state index contributed by atoms with van der Waals surface area (Å²) in [7, 11) is -3.73. The average Bonchev–Trinajstić information content (AvgIpc) is 3.28. The summed E-state index contributed by atoms with van der Waals surface area (Å²) in [5.41, 5.74) is 1.67. The molecule has 0 saturated carbocycles. The number of carbonyl (C=O) groups is 2. The number of amides is 2. The third-order valence-electron chi connectivity index (χ3n) is 8.66. The highest BCUT2D eigenvalue weighted by Crippen LogP contribution is 2.34. The number of piperidine rings is 2. The molecule has 5 rings (SSSR count). The first-order chi connectivity index (χ1) is 21.1. The van der Waals surface area contributed by atoms with Crippen LogP contribution in [-0.2, 0) is 21.2 Å². The molecule has 2 amide bonds. The Hall–Kier alpha value is -3.56. The fraction of sp³-hybridized carbons (Fsp3) is 0.500. The maximum absolute atomic E-state index is 13.9. The van der Waals surface area contributed by atoms with Crippen molar-refractivity contribution in [1.29, 1.82) is 0 Å². The van der Waals surface area contributed by atoms with E-state index in [-0.39, 0.29) is 55.4 Å². The van der Waals surface area contributed by atoms with Gasteiger partial charge in [-0.2, -0.15) is 0 Å². The zero-order valence-electron chi connectivity index (χ0n) is 24.8. The molecule has 2 N–H and O–H groups in total. The maximum atomic E-state index is 13.9. The second kappa shape index (κ2) is 12.3. The second-order valence-electron chi connectivity index (χ2n) is 11.7. The van der Waals surface area contributed by atoms with Crippen LogP contribution in [0, 0.1) is 19.7 Å². The number of halogens is 4. The molecular weight excluding hydrogens is 620 g/mol. The highest BCUT2D eigenvalue weighted by molar-refractivity contribution is 7.89. The molecule has 3 aliphatic rings. The monoisotopic (exact) mass is 654 g/mol. The molecule has 10 nitrogen and oxygen atoms in total. The van der Waals surface area contributed by atoms with Crippen molar-refractivity contribution in [2.45, 2.75) is 64.0 Å². The van der Waals surface area contributed by atoms with Gasteiger partial charge in [0.05, 0.1) is 11.9 Å². The molecule has 0 unspecified atom stereocenters. The summed E-state index contributed by atoms with van der Waals surface area (Å²) in [5, 5.41) is 12.3. The molecular formula is C30H34F4N4O6S. The first-order valence-electron chi connectivity index (χ1n) is 14.6. The van der Waals surface area contributed by atoms with Crippen molar-refractivity contribution >= 4 is 27.7 Å². The summed E-state index contributed by atoms with van der Waals surface area (Å²) in [4.78, 5) is 32.1. The van der Waals surface area contributed by atoms with Gasteiger partial charge in [0, 0.05) is 37.3 Å². The molecule has 0 radical (unpaired) electrons. The number of aliphatic imine (C=N–C) groups is 1. The highest BCUT2D eigenvalue weighted by atomic mass is 32.2. The Labute approximate surface area is 258 Å². The van der Waals surface area contributed by atoms with Crippen LogP contribution in [0.5, 0.6) is 5.75 Å². The number of rotatable bonds is 7. The van der Waals surface area contributed by atoms with Gasteiger partial charge in [-0.3, -0.25) is 14.6 Å². The molecule has 2 aromatic carbocycles. The number of benzene rings is 2. The lowest BCUT2D eigenvalue weighted by Crippen LogP contribution is -2.50. The molecule has 45 heavy (non-hydrogen) atoms. The number of nitrogens with one attached hydrogen (secondary N) is 1. The zero-order chi connectivity index (χ0) is 32.7. The van der Waals surface area contributed by atoms with Crippen LogP contribution in [0.15, 0.2) is 35.3 Å². The van der Waals surface area contributed by atoms with Crippen molar-refractivity contribution in [3.8, 4) is 5.75 Å². The van der Waals surface area contributed by atoms with Gasteiger partial charge in [-0.15, -0.1) is 13.2 Å². The van der Waals surface area contributed by atoms with Gasteiger partial charge in [0.2, 0.25) is 10.0 Å². The van der Waals surface area contributed by atoms with Crippen LogP contribution in [-0.4, -0.2) is 90.3 Å². The fourth-order valence-electron chi connectivity index (χ4n) is 6.10. The van der Waals surface area contributed by atoms with Gasteiger partial charge >= 0.3 is 6.36 Å². The number of ether oxygens (including phenoxy) is 1. The largest absolute Gasteiger partial charge is 0.573 e. The number of aliphatic hydroxyl groups is 1.